The topological polar surface area (TPSA) is 97.6 Å². The van der Waals surface area contributed by atoms with Gasteiger partial charge < -0.3 is 23.7 Å². The highest BCUT2D eigenvalue weighted by Crippen LogP contribution is 2.36. The number of nitrogens with zero attached hydrogens (tertiary/aromatic N) is 2. The van der Waals surface area contributed by atoms with E-state index in [0.29, 0.717) is 57.7 Å². The summed E-state index contributed by atoms with van der Waals surface area (Å²) < 4.78 is 31.5. The Kier molecular flexibility index (Phi) is 10.2. The number of thiazole rings is 1. The molecule has 1 aliphatic heterocycles. The van der Waals surface area contributed by atoms with Gasteiger partial charge in [0.05, 0.1) is 47.2 Å². The fraction of sp³-hybridized carbons (Fsp3) is 0.216. The summed E-state index contributed by atoms with van der Waals surface area (Å²) in [5.74, 6) is 1.68. The molecule has 6 rings (SSSR count). The Morgan fingerprint density at radius 1 is 0.938 bits per heavy atom. The van der Waals surface area contributed by atoms with Crippen LogP contribution in [0.15, 0.2) is 94.4 Å². The minimum absolute atomic E-state index is 0.229. The van der Waals surface area contributed by atoms with Crippen molar-refractivity contribution in [3.63, 3.8) is 0 Å². The van der Waals surface area contributed by atoms with E-state index in [2.05, 4.69) is 51.8 Å². The summed E-state index contributed by atoms with van der Waals surface area (Å²) in [5.41, 5.74) is 2.41. The van der Waals surface area contributed by atoms with Gasteiger partial charge in [0.2, 0.25) is 0 Å². The van der Waals surface area contributed by atoms with Crippen LogP contribution in [0.5, 0.6) is 23.0 Å². The van der Waals surface area contributed by atoms with Gasteiger partial charge in [0.1, 0.15) is 6.61 Å². The second-order valence-corrected chi connectivity index (χ2v) is 12.9. The molecule has 0 spiro atoms. The van der Waals surface area contributed by atoms with E-state index in [9.17, 15) is 9.59 Å². The smallest absolute Gasteiger partial charge is 0.337 e. The zero-order valence-corrected chi connectivity index (χ0v) is 29.8. The van der Waals surface area contributed by atoms with Gasteiger partial charge in [-0.2, -0.15) is 0 Å². The predicted octanol–water partition coefficient (Wildman–Crippen LogP) is 6.16. The highest BCUT2D eigenvalue weighted by molar-refractivity contribution is 14.1. The molecule has 0 saturated heterocycles. The standard InChI is InChI=1S/C37H33IN2O7S/c1-5-45-29-15-14-24(19-30(29)46-6-2)33-27(36(42)44-4)20-39-37-40(33)35(41)32(48-37)18-22-16-28(38)34(31(17-22)43-3)47-21-25-12-9-11-23-10-7-8-13-26(23)25/h7-20,33H,5-6,21H2,1-4H3/b32-18-/t33-/m1/s1. The first kappa shape index (κ1) is 33.3. The number of carbonyl (C=O) groups is 1. The molecule has 9 nitrogen and oxygen atoms in total. The lowest BCUT2D eigenvalue weighted by Crippen LogP contribution is -2.39. The molecular formula is C37H33IN2O7S. The number of hydrogen-bond donors (Lipinski definition) is 0. The maximum absolute atomic E-state index is 14.1. The lowest BCUT2D eigenvalue weighted by molar-refractivity contribution is -0.136. The molecule has 1 aromatic heterocycles. The highest BCUT2D eigenvalue weighted by Gasteiger charge is 2.31. The van der Waals surface area contributed by atoms with Gasteiger partial charge in [0, 0.05) is 6.20 Å². The summed E-state index contributed by atoms with van der Waals surface area (Å²) in [6.07, 6.45) is 3.27. The minimum atomic E-state index is -0.787. The Morgan fingerprint density at radius 3 is 2.48 bits per heavy atom. The van der Waals surface area contributed by atoms with Crippen molar-refractivity contribution < 1.29 is 28.5 Å². The van der Waals surface area contributed by atoms with Crippen LogP contribution < -0.4 is 33.8 Å². The van der Waals surface area contributed by atoms with E-state index < -0.39 is 12.0 Å². The van der Waals surface area contributed by atoms with Gasteiger partial charge in [-0.3, -0.25) is 9.36 Å². The Bertz CT molecular complexity index is 2220. The van der Waals surface area contributed by atoms with Crippen molar-refractivity contribution in [1.82, 2.24) is 4.57 Å². The van der Waals surface area contributed by atoms with Crippen molar-refractivity contribution in [3.8, 4) is 23.0 Å². The molecule has 5 aromatic rings. The largest absolute Gasteiger partial charge is 0.493 e. The molecule has 0 N–H and O–H groups in total. The molecule has 2 heterocycles. The molecule has 48 heavy (non-hydrogen) atoms. The van der Waals surface area contributed by atoms with Crippen molar-refractivity contribution in [2.45, 2.75) is 26.5 Å². The molecule has 0 bridgehead atoms. The van der Waals surface area contributed by atoms with Crippen LogP contribution >= 0.6 is 33.9 Å². The number of halogens is 1. The number of hydrogen-bond acceptors (Lipinski definition) is 9. The number of esters is 1. The summed E-state index contributed by atoms with van der Waals surface area (Å²) in [6, 6.07) is 22.8. The maximum atomic E-state index is 14.1. The fourth-order valence-corrected chi connectivity index (χ4v) is 7.42. The summed E-state index contributed by atoms with van der Waals surface area (Å²) >= 11 is 3.46. The van der Waals surface area contributed by atoms with Crippen LogP contribution in [-0.2, 0) is 16.1 Å². The number of methoxy groups -OCH3 is 2. The maximum Gasteiger partial charge on any atom is 0.337 e. The SMILES string of the molecule is CCOc1ccc([C@@H]2C(C(=O)OC)=CN=c3s/c(=C\c4cc(I)c(OCc5cccc6ccccc56)c(OC)c4)c(=O)n32)cc1OCC. The van der Waals surface area contributed by atoms with E-state index >= 15 is 0 Å². The molecule has 0 fully saturated rings. The normalized spacial score (nSPS) is 14.1. The van der Waals surface area contributed by atoms with Gasteiger partial charge in [0.25, 0.3) is 5.56 Å². The second-order valence-electron chi connectivity index (χ2n) is 10.7. The van der Waals surface area contributed by atoms with E-state index in [4.69, 9.17) is 23.7 Å². The van der Waals surface area contributed by atoms with E-state index in [1.165, 1.54) is 29.2 Å². The molecule has 1 atom stereocenters. The molecule has 1 aliphatic rings. The van der Waals surface area contributed by atoms with Crippen LogP contribution in [0, 0.1) is 3.57 Å². The zero-order chi connectivity index (χ0) is 33.8. The van der Waals surface area contributed by atoms with Crippen molar-refractivity contribution in [1.29, 1.82) is 0 Å². The van der Waals surface area contributed by atoms with Crippen molar-refractivity contribution in [3.05, 3.63) is 125 Å². The zero-order valence-electron chi connectivity index (χ0n) is 26.8. The summed E-state index contributed by atoms with van der Waals surface area (Å²) in [5, 5.41) is 2.28. The molecular weight excluding hydrogens is 743 g/mol. The first-order valence-corrected chi connectivity index (χ1v) is 17.2. The number of rotatable bonds is 11. The van der Waals surface area contributed by atoms with Gasteiger partial charge in [0.15, 0.2) is 27.8 Å². The molecule has 0 radical (unpaired) electrons. The van der Waals surface area contributed by atoms with Gasteiger partial charge >= 0.3 is 5.97 Å². The number of carbonyl (C=O) groups excluding carboxylic acids is 1. The molecule has 0 unspecified atom stereocenters. The summed E-state index contributed by atoms with van der Waals surface area (Å²) in [7, 11) is 2.90. The van der Waals surface area contributed by atoms with Gasteiger partial charge in [-0.15, -0.1) is 0 Å². The third-order valence-corrected chi connectivity index (χ3v) is 9.61. The van der Waals surface area contributed by atoms with Crippen LogP contribution in [0.2, 0.25) is 0 Å². The molecule has 0 saturated carbocycles. The van der Waals surface area contributed by atoms with E-state index in [0.717, 1.165) is 25.5 Å². The monoisotopic (exact) mass is 776 g/mol. The summed E-state index contributed by atoms with van der Waals surface area (Å²) in [4.78, 5) is 32.0. The van der Waals surface area contributed by atoms with Crippen LogP contribution in [0.3, 0.4) is 0 Å². The highest BCUT2D eigenvalue weighted by atomic mass is 127. The Balaban J connectivity index is 1.38. The average Bonchev–Trinajstić information content (AvgIpc) is 3.42. The van der Waals surface area contributed by atoms with Crippen molar-refractivity contribution >= 4 is 56.7 Å². The third-order valence-electron chi connectivity index (χ3n) is 7.81. The van der Waals surface area contributed by atoms with Crippen LogP contribution in [0.4, 0.5) is 0 Å². The predicted molar refractivity (Wildman–Crippen MR) is 194 cm³/mol. The number of aromatic nitrogens is 1. The third kappa shape index (κ3) is 6.56. The van der Waals surface area contributed by atoms with Crippen molar-refractivity contribution in [2.24, 2.45) is 4.99 Å². The molecule has 0 aliphatic carbocycles. The van der Waals surface area contributed by atoms with Crippen LogP contribution in [-0.4, -0.2) is 38.0 Å². The van der Waals surface area contributed by atoms with Gasteiger partial charge in [-0.1, -0.05) is 59.9 Å². The van der Waals surface area contributed by atoms with Gasteiger partial charge in [-0.05, 0) is 94.2 Å². The first-order chi connectivity index (χ1) is 23.4. The molecule has 246 valence electrons. The van der Waals surface area contributed by atoms with E-state index in [-0.39, 0.29) is 11.1 Å². The van der Waals surface area contributed by atoms with Crippen LogP contribution in [0.1, 0.15) is 36.6 Å². The van der Waals surface area contributed by atoms with Gasteiger partial charge in [-0.25, -0.2) is 9.79 Å². The quantitative estimate of drug-likeness (QED) is 0.117. The first-order valence-electron chi connectivity index (χ1n) is 15.3. The lowest BCUT2D eigenvalue weighted by Gasteiger charge is -2.23. The number of ether oxygens (including phenoxy) is 5. The average molecular weight is 777 g/mol. The Labute approximate surface area is 294 Å². The van der Waals surface area contributed by atoms with E-state index in [1.54, 1.807) is 25.3 Å². The molecule has 0 amide bonds. The molecule has 11 heteroatoms. The summed E-state index contributed by atoms with van der Waals surface area (Å²) in [6.45, 7) is 5.02. The Hall–Kier alpha value is -4.62. The lowest BCUT2D eigenvalue weighted by atomic mass is 9.97. The van der Waals surface area contributed by atoms with Crippen LogP contribution in [0.25, 0.3) is 16.8 Å². The molecule has 4 aromatic carbocycles. The fourth-order valence-electron chi connectivity index (χ4n) is 5.67. The number of benzene rings is 4. The Morgan fingerprint density at radius 2 is 1.71 bits per heavy atom. The number of fused-ring (bicyclic) bond motifs is 2. The van der Waals surface area contributed by atoms with Crippen molar-refractivity contribution in [2.75, 3.05) is 27.4 Å². The second kappa shape index (κ2) is 14.7. The van der Waals surface area contributed by atoms with E-state index in [1.807, 2.05) is 50.2 Å². The minimum Gasteiger partial charge on any atom is -0.493 e.